The molecule has 0 unspecified atom stereocenters. The van der Waals surface area contributed by atoms with Gasteiger partial charge in [-0.1, -0.05) is 0 Å². The average Bonchev–Trinajstić information content (AvgIpc) is 2.24. The fourth-order valence-electron chi connectivity index (χ4n) is 0.801. The summed E-state index contributed by atoms with van der Waals surface area (Å²) in [4.78, 5) is 18.8. The first kappa shape index (κ1) is 9.72. The Hall–Kier alpha value is -1.37. The minimum atomic E-state index is -0.916. The van der Waals surface area contributed by atoms with Gasteiger partial charge in [-0.05, 0) is 0 Å². The standard InChI is InChI=1S/C4B2N2O4S/c5-3-1(7(9)10)2(8(11)12)4(6)13-3. The van der Waals surface area contributed by atoms with Crippen LogP contribution in [0.5, 0.6) is 0 Å². The van der Waals surface area contributed by atoms with Gasteiger partial charge >= 0.3 is 11.4 Å². The zero-order chi connectivity index (χ0) is 10.2. The molecule has 1 aromatic heterocycles. The molecule has 0 aliphatic carbocycles. The summed E-state index contributed by atoms with van der Waals surface area (Å²) >= 11 is 0.625. The summed E-state index contributed by atoms with van der Waals surface area (Å²) in [5.74, 6) is 0. The fraction of sp³-hybridized carbons (Fsp3) is 0. The van der Waals surface area contributed by atoms with Gasteiger partial charge in [0, 0.05) is 9.55 Å². The third-order valence-corrected chi connectivity index (χ3v) is 2.10. The number of nitro groups is 2. The van der Waals surface area contributed by atoms with E-state index in [1.54, 1.807) is 0 Å². The van der Waals surface area contributed by atoms with Crippen molar-refractivity contribution in [1.82, 2.24) is 0 Å². The second-order valence-electron chi connectivity index (χ2n) is 2.04. The number of nitrogens with zero attached hydrogens (tertiary/aromatic N) is 2. The molecular weight excluding hydrogens is 194 g/mol. The summed E-state index contributed by atoms with van der Waals surface area (Å²) in [7, 11) is 10.3. The summed E-state index contributed by atoms with van der Waals surface area (Å²) in [5.41, 5.74) is -1.46. The van der Waals surface area contributed by atoms with E-state index in [2.05, 4.69) is 0 Å². The molecule has 0 aromatic carbocycles. The molecule has 0 aliphatic rings. The lowest BCUT2D eigenvalue weighted by molar-refractivity contribution is -0.420. The van der Waals surface area contributed by atoms with Crippen molar-refractivity contribution >= 4 is 48.0 Å². The van der Waals surface area contributed by atoms with Gasteiger partial charge in [-0.3, -0.25) is 20.2 Å². The Bertz CT molecular complexity index is 355. The van der Waals surface area contributed by atoms with Crippen LogP contribution in [-0.4, -0.2) is 25.5 Å². The van der Waals surface area contributed by atoms with Gasteiger partial charge < -0.3 is 0 Å². The third kappa shape index (κ3) is 1.55. The second kappa shape index (κ2) is 3.17. The second-order valence-corrected chi connectivity index (χ2v) is 3.13. The molecule has 0 atom stereocenters. The zero-order valence-electron chi connectivity index (χ0n) is 6.09. The monoisotopic (exact) mass is 194 g/mol. The van der Waals surface area contributed by atoms with Crippen LogP contribution in [0.15, 0.2) is 0 Å². The maximum atomic E-state index is 10.3. The molecule has 0 fully saturated rings. The Labute approximate surface area is 78.7 Å². The molecule has 1 rings (SSSR count). The molecule has 13 heavy (non-hydrogen) atoms. The lowest BCUT2D eigenvalue weighted by Crippen LogP contribution is -2.06. The van der Waals surface area contributed by atoms with E-state index in [0.29, 0.717) is 11.3 Å². The van der Waals surface area contributed by atoms with Crippen LogP contribution in [0, 0.1) is 20.2 Å². The van der Waals surface area contributed by atoms with E-state index < -0.39 is 21.2 Å². The molecule has 0 saturated carbocycles. The predicted octanol–water partition coefficient (Wildman–Crippen LogP) is -0.848. The van der Waals surface area contributed by atoms with Gasteiger partial charge in [-0.2, -0.15) is 11.3 Å². The molecule has 6 nitrogen and oxygen atoms in total. The number of hydrogen-bond donors (Lipinski definition) is 0. The van der Waals surface area contributed by atoms with Crippen LogP contribution < -0.4 is 9.55 Å². The maximum Gasteiger partial charge on any atom is 0.348 e. The molecule has 0 bridgehead atoms. The molecule has 0 saturated heterocycles. The highest BCUT2D eigenvalue weighted by Crippen LogP contribution is 2.24. The normalized spacial score (nSPS) is 9.85. The van der Waals surface area contributed by atoms with Gasteiger partial charge in [0.1, 0.15) is 15.7 Å². The molecule has 1 aromatic rings. The minimum Gasteiger partial charge on any atom is -0.258 e. The van der Waals surface area contributed by atoms with Gasteiger partial charge in [-0.15, -0.1) is 0 Å². The smallest absolute Gasteiger partial charge is 0.258 e. The van der Waals surface area contributed by atoms with Gasteiger partial charge in [0.15, 0.2) is 0 Å². The lowest BCUT2D eigenvalue weighted by Gasteiger charge is -1.89. The fourth-order valence-corrected chi connectivity index (χ4v) is 1.57. The number of hydrogen-bond acceptors (Lipinski definition) is 5. The zero-order valence-corrected chi connectivity index (χ0v) is 6.91. The Morgan fingerprint density at radius 1 is 1.00 bits per heavy atom. The van der Waals surface area contributed by atoms with E-state index in [0.717, 1.165) is 0 Å². The molecule has 0 spiro atoms. The third-order valence-electron chi connectivity index (χ3n) is 1.28. The van der Waals surface area contributed by atoms with Crippen LogP contribution in [0.25, 0.3) is 0 Å². The van der Waals surface area contributed by atoms with Gasteiger partial charge in [0.05, 0.1) is 9.85 Å². The highest BCUT2D eigenvalue weighted by molar-refractivity contribution is 7.28. The van der Waals surface area contributed by atoms with Crippen molar-refractivity contribution in [3.8, 4) is 0 Å². The van der Waals surface area contributed by atoms with Crippen molar-refractivity contribution in [3.05, 3.63) is 20.2 Å². The van der Waals surface area contributed by atoms with Crippen LogP contribution in [0.2, 0.25) is 0 Å². The first-order valence-corrected chi connectivity index (χ1v) is 3.73. The van der Waals surface area contributed by atoms with Crippen LogP contribution in [0.1, 0.15) is 0 Å². The van der Waals surface area contributed by atoms with Crippen LogP contribution in [-0.2, 0) is 0 Å². The predicted molar refractivity (Wildman–Crippen MR) is 48.4 cm³/mol. The Morgan fingerprint density at radius 2 is 1.31 bits per heavy atom. The van der Waals surface area contributed by atoms with Crippen LogP contribution >= 0.6 is 11.3 Å². The molecule has 0 N–H and O–H groups in total. The average molecular weight is 194 g/mol. The van der Waals surface area contributed by atoms with E-state index in [9.17, 15) is 20.2 Å². The van der Waals surface area contributed by atoms with E-state index in [1.165, 1.54) is 0 Å². The molecular formula is C4B2N2O4S. The summed E-state index contributed by atoms with van der Waals surface area (Å²) < 4.78 is -0.511. The summed E-state index contributed by atoms with van der Waals surface area (Å²) in [6.07, 6.45) is 0. The van der Waals surface area contributed by atoms with Crippen LogP contribution in [0.3, 0.4) is 0 Å². The van der Waals surface area contributed by atoms with Crippen molar-refractivity contribution in [1.29, 1.82) is 0 Å². The largest absolute Gasteiger partial charge is 0.348 e. The highest BCUT2D eigenvalue weighted by Gasteiger charge is 2.31. The highest BCUT2D eigenvalue weighted by atomic mass is 32.1. The SMILES string of the molecule is [B]c1sc([B])c([N+](=O)[O-])c1[N+](=O)[O-]. The molecule has 0 amide bonds. The summed E-state index contributed by atoms with van der Waals surface area (Å²) in [5, 5.41) is 20.7. The van der Waals surface area contributed by atoms with Crippen molar-refractivity contribution in [2.75, 3.05) is 0 Å². The lowest BCUT2D eigenvalue weighted by atomic mass is 10.0. The number of rotatable bonds is 2. The Balaban J connectivity index is 3.47. The van der Waals surface area contributed by atoms with Crippen LogP contribution in [0.4, 0.5) is 11.4 Å². The molecule has 0 aliphatic heterocycles. The molecule has 9 heteroatoms. The topological polar surface area (TPSA) is 86.3 Å². The van der Waals surface area contributed by atoms with Crippen molar-refractivity contribution < 1.29 is 9.85 Å². The first-order chi connectivity index (χ1) is 5.95. The quantitative estimate of drug-likeness (QED) is 0.348. The summed E-state index contributed by atoms with van der Waals surface area (Å²) in [6, 6.07) is 0. The van der Waals surface area contributed by atoms with Gasteiger partial charge in [0.2, 0.25) is 0 Å². The molecule has 4 radical (unpaired) electrons. The van der Waals surface area contributed by atoms with Gasteiger partial charge in [-0.25, -0.2) is 0 Å². The van der Waals surface area contributed by atoms with Crippen molar-refractivity contribution in [2.24, 2.45) is 0 Å². The molecule has 1 heterocycles. The van der Waals surface area contributed by atoms with Crippen molar-refractivity contribution in [2.45, 2.75) is 0 Å². The Morgan fingerprint density at radius 3 is 1.54 bits per heavy atom. The van der Waals surface area contributed by atoms with E-state index in [-0.39, 0.29) is 9.55 Å². The molecule has 62 valence electrons. The van der Waals surface area contributed by atoms with E-state index >= 15 is 0 Å². The maximum absolute atomic E-state index is 10.3. The van der Waals surface area contributed by atoms with E-state index in [1.807, 2.05) is 0 Å². The minimum absolute atomic E-state index is 0.255. The Kier molecular flexibility index (Phi) is 2.37. The van der Waals surface area contributed by atoms with E-state index in [4.69, 9.17) is 15.7 Å². The van der Waals surface area contributed by atoms with Gasteiger partial charge in [0.25, 0.3) is 0 Å². The first-order valence-electron chi connectivity index (χ1n) is 2.91. The van der Waals surface area contributed by atoms with Crippen molar-refractivity contribution in [3.63, 3.8) is 0 Å². The number of thiophene rings is 1. The summed E-state index contributed by atoms with van der Waals surface area (Å²) in [6.45, 7) is 0.